The first kappa shape index (κ1) is 12.8. The van der Waals surface area contributed by atoms with Crippen molar-refractivity contribution >= 4 is 28.4 Å². The van der Waals surface area contributed by atoms with E-state index in [1.54, 1.807) is 12.2 Å². The molecule has 3 rings (SSSR count). The van der Waals surface area contributed by atoms with Crippen LogP contribution in [0.5, 0.6) is 0 Å². The third-order valence-corrected chi connectivity index (χ3v) is 3.34. The predicted octanol–water partition coefficient (Wildman–Crippen LogP) is 3.38. The van der Waals surface area contributed by atoms with Crippen LogP contribution in [-0.2, 0) is 6.18 Å². The lowest BCUT2D eigenvalue weighted by molar-refractivity contribution is -0.146. The third-order valence-electron chi connectivity index (χ3n) is 2.48. The van der Waals surface area contributed by atoms with Crippen LogP contribution in [0.25, 0.3) is 17.1 Å². The highest BCUT2D eigenvalue weighted by molar-refractivity contribution is 7.17. The average Bonchev–Trinajstić information content (AvgIpc) is 2.95. The van der Waals surface area contributed by atoms with Crippen LogP contribution in [0.3, 0.4) is 0 Å². The second-order valence-corrected chi connectivity index (χ2v) is 4.89. The number of fused-ring (bicyclic) bond motifs is 1. The topological polar surface area (TPSA) is 43.1 Å². The summed E-state index contributed by atoms with van der Waals surface area (Å²) in [6.07, 6.45) is -1.14. The molecule has 0 radical (unpaired) electrons. The zero-order chi connectivity index (χ0) is 14.2. The molecule has 0 saturated carbocycles. The molecule has 20 heavy (non-hydrogen) atoms. The number of aromatic nitrogens is 4. The molecule has 2 aromatic heterocycles. The zero-order valence-corrected chi connectivity index (χ0v) is 10.7. The van der Waals surface area contributed by atoms with Crippen molar-refractivity contribution in [3.8, 4) is 0 Å². The number of rotatable bonds is 2. The molecule has 4 nitrogen and oxygen atoms in total. The minimum atomic E-state index is -4.56. The first-order valence-corrected chi connectivity index (χ1v) is 6.38. The number of hydrogen-bond donors (Lipinski definition) is 0. The van der Waals surface area contributed by atoms with Crippen LogP contribution in [-0.4, -0.2) is 19.8 Å². The van der Waals surface area contributed by atoms with Gasteiger partial charge in [0.1, 0.15) is 5.01 Å². The van der Waals surface area contributed by atoms with Gasteiger partial charge in [-0.25, -0.2) is 0 Å². The second-order valence-electron chi connectivity index (χ2n) is 3.90. The molecule has 0 saturated heterocycles. The smallest absolute Gasteiger partial charge is 0.178 e. The van der Waals surface area contributed by atoms with E-state index in [1.165, 1.54) is 0 Å². The average molecular weight is 296 g/mol. The Labute approximate surface area is 115 Å². The Morgan fingerprint density at radius 1 is 1.05 bits per heavy atom. The fraction of sp³-hybridized carbons (Fsp3) is 0.0833. The van der Waals surface area contributed by atoms with Crippen LogP contribution in [0.15, 0.2) is 30.3 Å². The van der Waals surface area contributed by atoms with Crippen LogP contribution >= 0.6 is 11.3 Å². The summed E-state index contributed by atoms with van der Waals surface area (Å²) in [6.45, 7) is 0. The van der Waals surface area contributed by atoms with Gasteiger partial charge in [0, 0.05) is 0 Å². The standard InChI is InChI=1S/C12H7F3N4S/c13-12(14,15)10-16-17-11-19(10)18-9(20-11)7-6-8-4-2-1-3-5-8/h1-7H/b7-6-. The highest BCUT2D eigenvalue weighted by atomic mass is 32.1. The Hall–Kier alpha value is -2.22. The van der Waals surface area contributed by atoms with E-state index in [9.17, 15) is 13.2 Å². The summed E-state index contributed by atoms with van der Waals surface area (Å²) >= 11 is 1.04. The molecule has 0 aliphatic carbocycles. The highest BCUT2D eigenvalue weighted by Crippen LogP contribution is 2.29. The van der Waals surface area contributed by atoms with Crippen LogP contribution in [0.4, 0.5) is 13.2 Å². The van der Waals surface area contributed by atoms with Crippen molar-refractivity contribution in [2.24, 2.45) is 0 Å². The molecule has 1 aromatic carbocycles. The van der Waals surface area contributed by atoms with Gasteiger partial charge in [0.05, 0.1) is 0 Å². The molecular formula is C12H7F3N4S. The van der Waals surface area contributed by atoms with Crippen molar-refractivity contribution in [2.75, 3.05) is 0 Å². The number of alkyl halides is 3. The van der Waals surface area contributed by atoms with Gasteiger partial charge in [-0.05, 0) is 11.6 Å². The maximum absolute atomic E-state index is 12.6. The fourth-order valence-electron chi connectivity index (χ4n) is 1.61. The minimum absolute atomic E-state index is 0.116. The highest BCUT2D eigenvalue weighted by Gasteiger charge is 2.38. The van der Waals surface area contributed by atoms with Gasteiger partial charge in [-0.1, -0.05) is 47.7 Å². The molecule has 0 atom stereocenters. The van der Waals surface area contributed by atoms with Crippen molar-refractivity contribution < 1.29 is 13.2 Å². The van der Waals surface area contributed by atoms with E-state index in [-0.39, 0.29) is 4.96 Å². The number of hydrogen-bond acceptors (Lipinski definition) is 4. The van der Waals surface area contributed by atoms with Gasteiger partial charge in [-0.2, -0.15) is 22.8 Å². The fourth-order valence-corrected chi connectivity index (χ4v) is 2.35. The summed E-state index contributed by atoms with van der Waals surface area (Å²) in [5.74, 6) is -1.11. The summed E-state index contributed by atoms with van der Waals surface area (Å²) in [5, 5.41) is 10.9. The second kappa shape index (κ2) is 4.71. The van der Waals surface area contributed by atoms with Crippen LogP contribution < -0.4 is 0 Å². The maximum atomic E-state index is 12.6. The van der Waals surface area contributed by atoms with E-state index in [0.717, 1.165) is 21.4 Å². The van der Waals surface area contributed by atoms with Crippen molar-refractivity contribution in [1.82, 2.24) is 19.8 Å². The number of halogens is 3. The molecule has 0 amide bonds. The summed E-state index contributed by atoms with van der Waals surface area (Å²) in [5.41, 5.74) is 0.939. The predicted molar refractivity (Wildman–Crippen MR) is 69.0 cm³/mol. The summed E-state index contributed by atoms with van der Waals surface area (Å²) in [4.78, 5) is 0.116. The van der Waals surface area contributed by atoms with Crippen LogP contribution in [0, 0.1) is 0 Å². The number of benzene rings is 1. The van der Waals surface area contributed by atoms with Crippen molar-refractivity contribution in [3.05, 3.63) is 46.7 Å². The van der Waals surface area contributed by atoms with Gasteiger partial charge in [0.15, 0.2) is 0 Å². The lowest BCUT2D eigenvalue weighted by atomic mass is 10.2. The summed E-state index contributed by atoms with van der Waals surface area (Å²) in [7, 11) is 0. The Balaban J connectivity index is 1.94. The zero-order valence-electron chi connectivity index (χ0n) is 9.87. The normalized spacial score (nSPS) is 12.6. The quantitative estimate of drug-likeness (QED) is 0.728. The molecule has 0 unspecified atom stereocenters. The van der Waals surface area contributed by atoms with Crippen LogP contribution in [0.1, 0.15) is 16.4 Å². The van der Waals surface area contributed by atoms with Gasteiger partial charge in [0.2, 0.25) is 4.96 Å². The van der Waals surface area contributed by atoms with Crippen LogP contribution in [0.2, 0.25) is 0 Å². The molecule has 0 spiro atoms. The SMILES string of the molecule is FC(F)(F)c1nnc2sc(/C=C\c3ccccc3)nn12. The largest absolute Gasteiger partial charge is 0.453 e. The lowest BCUT2D eigenvalue weighted by Crippen LogP contribution is -2.11. The molecule has 102 valence electrons. The van der Waals surface area contributed by atoms with Crippen molar-refractivity contribution in [2.45, 2.75) is 6.18 Å². The van der Waals surface area contributed by atoms with Gasteiger partial charge < -0.3 is 0 Å². The van der Waals surface area contributed by atoms with Crippen molar-refractivity contribution in [3.63, 3.8) is 0 Å². The Morgan fingerprint density at radius 2 is 1.80 bits per heavy atom. The molecule has 0 aliphatic rings. The molecule has 2 heterocycles. The maximum Gasteiger partial charge on any atom is 0.453 e. The van der Waals surface area contributed by atoms with E-state index in [4.69, 9.17) is 0 Å². The minimum Gasteiger partial charge on any atom is -0.178 e. The van der Waals surface area contributed by atoms with Gasteiger partial charge in [-0.15, -0.1) is 10.2 Å². The Morgan fingerprint density at radius 3 is 2.50 bits per heavy atom. The molecule has 8 heteroatoms. The number of nitrogens with zero attached hydrogens (tertiary/aromatic N) is 4. The molecule has 0 aliphatic heterocycles. The Bertz CT molecular complexity index is 758. The lowest BCUT2D eigenvalue weighted by Gasteiger charge is -1.99. The molecule has 0 N–H and O–H groups in total. The van der Waals surface area contributed by atoms with Gasteiger partial charge in [0.25, 0.3) is 5.82 Å². The molecule has 0 bridgehead atoms. The molecule has 3 aromatic rings. The van der Waals surface area contributed by atoms with E-state index in [0.29, 0.717) is 5.01 Å². The monoisotopic (exact) mass is 296 g/mol. The van der Waals surface area contributed by atoms with Gasteiger partial charge >= 0.3 is 6.18 Å². The summed E-state index contributed by atoms with van der Waals surface area (Å²) < 4.78 is 38.6. The van der Waals surface area contributed by atoms with E-state index in [1.807, 2.05) is 30.3 Å². The van der Waals surface area contributed by atoms with E-state index >= 15 is 0 Å². The van der Waals surface area contributed by atoms with Gasteiger partial charge in [-0.3, -0.25) is 0 Å². The third kappa shape index (κ3) is 2.42. The first-order chi connectivity index (χ1) is 9.54. The first-order valence-electron chi connectivity index (χ1n) is 5.56. The van der Waals surface area contributed by atoms with Crippen molar-refractivity contribution in [1.29, 1.82) is 0 Å². The Kier molecular flexibility index (Phi) is 3.01. The molecular weight excluding hydrogens is 289 g/mol. The molecule has 0 fully saturated rings. The van der Waals surface area contributed by atoms with E-state index < -0.39 is 12.0 Å². The summed E-state index contributed by atoms with van der Waals surface area (Å²) in [6, 6.07) is 9.41. The van der Waals surface area contributed by atoms with E-state index in [2.05, 4.69) is 15.3 Å².